The molecule has 0 aliphatic rings. The highest BCUT2D eigenvalue weighted by Gasteiger charge is 2.17. The Morgan fingerprint density at radius 3 is 2.58 bits per heavy atom. The molecule has 1 atom stereocenters. The highest BCUT2D eigenvalue weighted by Crippen LogP contribution is 2.22. The Kier molecular flexibility index (Phi) is 6.91. The zero-order valence-electron chi connectivity index (χ0n) is 13.2. The van der Waals surface area contributed by atoms with E-state index in [9.17, 15) is 12.8 Å². The van der Waals surface area contributed by atoms with E-state index in [0.717, 1.165) is 17.7 Å². The van der Waals surface area contributed by atoms with Crippen LogP contribution in [0, 0.1) is 5.82 Å². The quantitative estimate of drug-likeness (QED) is 0.661. The number of ether oxygens (including phenoxy) is 1. The monoisotopic (exact) mass is 415 g/mol. The van der Waals surface area contributed by atoms with E-state index >= 15 is 0 Å². The zero-order valence-corrected chi connectivity index (χ0v) is 15.6. The van der Waals surface area contributed by atoms with Crippen molar-refractivity contribution in [2.75, 3.05) is 13.2 Å². The maximum atomic E-state index is 13.0. The Labute approximate surface area is 150 Å². The van der Waals surface area contributed by atoms with Crippen molar-refractivity contribution in [3.05, 3.63) is 64.4 Å². The number of sulfonamides is 1. The molecule has 0 spiro atoms. The molecular weight excluding hydrogens is 397 g/mol. The van der Waals surface area contributed by atoms with Crippen LogP contribution in [0.1, 0.15) is 25.0 Å². The zero-order chi connectivity index (χ0) is 17.6. The van der Waals surface area contributed by atoms with Crippen LogP contribution in [0.3, 0.4) is 0 Å². The average molecular weight is 416 g/mol. The summed E-state index contributed by atoms with van der Waals surface area (Å²) in [5.41, 5.74) is 1.08. The fourth-order valence-electron chi connectivity index (χ4n) is 2.13. The molecular formula is C17H19BrFNO3S. The van der Waals surface area contributed by atoms with Crippen LogP contribution < -0.4 is 4.72 Å². The number of hydrogen-bond acceptors (Lipinski definition) is 3. The highest BCUT2D eigenvalue weighted by molar-refractivity contribution is 9.10. The van der Waals surface area contributed by atoms with Crippen molar-refractivity contribution in [3.63, 3.8) is 0 Å². The minimum Gasteiger partial charge on any atom is -0.374 e. The van der Waals surface area contributed by atoms with Crippen LogP contribution in [0.4, 0.5) is 4.39 Å². The molecule has 0 amide bonds. The molecule has 0 aromatic heterocycles. The van der Waals surface area contributed by atoms with E-state index in [1.54, 1.807) is 0 Å². The van der Waals surface area contributed by atoms with Crippen molar-refractivity contribution in [2.45, 2.75) is 24.3 Å². The summed E-state index contributed by atoms with van der Waals surface area (Å²) in [4.78, 5) is 0.0162. The second-order valence-electron chi connectivity index (χ2n) is 5.25. The maximum absolute atomic E-state index is 13.0. The maximum Gasteiger partial charge on any atom is 0.241 e. The summed E-state index contributed by atoms with van der Waals surface area (Å²) < 4.78 is 45.8. The van der Waals surface area contributed by atoms with Gasteiger partial charge in [0.1, 0.15) is 5.82 Å². The molecule has 0 heterocycles. The molecule has 0 saturated heterocycles. The second kappa shape index (κ2) is 8.71. The predicted molar refractivity (Wildman–Crippen MR) is 94.7 cm³/mol. The Morgan fingerprint density at radius 1 is 1.21 bits per heavy atom. The van der Waals surface area contributed by atoms with Gasteiger partial charge in [0.05, 0.1) is 11.0 Å². The number of nitrogens with one attached hydrogen (secondary N) is 1. The van der Waals surface area contributed by atoms with Gasteiger partial charge in [-0.25, -0.2) is 17.5 Å². The van der Waals surface area contributed by atoms with Crippen molar-refractivity contribution < 1.29 is 17.5 Å². The van der Waals surface area contributed by atoms with Gasteiger partial charge in [-0.2, -0.15) is 0 Å². The van der Waals surface area contributed by atoms with Crippen molar-refractivity contribution in [3.8, 4) is 0 Å². The summed E-state index contributed by atoms with van der Waals surface area (Å²) in [6.45, 7) is 2.63. The molecule has 0 aliphatic heterocycles. The molecule has 0 unspecified atom stereocenters. The lowest BCUT2D eigenvalue weighted by Crippen LogP contribution is -2.26. The van der Waals surface area contributed by atoms with E-state index in [4.69, 9.17) is 4.74 Å². The van der Waals surface area contributed by atoms with Gasteiger partial charge in [-0.15, -0.1) is 0 Å². The first kappa shape index (κ1) is 19.1. The SMILES string of the molecule is C[C@@H](OCCCNS(=O)(=O)c1ccc(F)cc1Br)c1ccccc1. The lowest BCUT2D eigenvalue weighted by atomic mass is 10.1. The van der Waals surface area contributed by atoms with Gasteiger partial charge in [-0.1, -0.05) is 30.3 Å². The molecule has 0 bridgehead atoms. The molecule has 24 heavy (non-hydrogen) atoms. The summed E-state index contributed by atoms with van der Waals surface area (Å²) >= 11 is 3.07. The highest BCUT2D eigenvalue weighted by atomic mass is 79.9. The van der Waals surface area contributed by atoms with E-state index < -0.39 is 15.8 Å². The smallest absolute Gasteiger partial charge is 0.241 e. The Bertz CT molecular complexity index is 769. The molecule has 0 radical (unpaired) electrons. The van der Waals surface area contributed by atoms with Crippen molar-refractivity contribution in [1.82, 2.24) is 4.72 Å². The minimum atomic E-state index is -3.68. The lowest BCUT2D eigenvalue weighted by Gasteiger charge is -2.13. The van der Waals surface area contributed by atoms with E-state index in [0.29, 0.717) is 13.0 Å². The van der Waals surface area contributed by atoms with Gasteiger partial charge in [0.2, 0.25) is 10.0 Å². The molecule has 1 N–H and O–H groups in total. The first-order chi connectivity index (χ1) is 11.4. The average Bonchev–Trinajstić information content (AvgIpc) is 2.54. The van der Waals surface area contributed by atoms with E-state index in [2.05, 4.69) is 20.7 Å². The summed E-state index contributed by atoms with van der Waals surface area (Å²) in [6, 6.07) is 13.3. The van der Waals surface area contributed by atoms with Crippen LogP contribution in [-0.2, 0) is 14.8 Å². The predicted octanol–water partition coefficient (Wildman–Crippen LogP) is 4.03. The summed E-state index contributed by atoms with van der Waals surface area (Å²) in [5.74, 6) is -0.496. The topological polar surface area (TPSA) is 55.4 Å². The molecule has 2 aromatic carbocycles. The number of halogens is 2. The number of benzene rings is 2. The van der Waals surface area contributed by atoms with Crippen molar-refractivity contribution in [1.29, 1.82) is 0 Å². The van der Waals surface area contributed by atoms with Crippen LogP contribution in [0.2, 0.25) is 0 Å². The third-order valence-electron chi connectivity index (χ3n) is 3.43. The van der Waals surface area contributed by atoms with Crippen LogP contribution in [0.15, 0.2) is 57.9 Å². The molecule has 130 valence electrons. The number of hydrogen-bond donors (Lipinski definition) is 1. The Morgan fingerprint density at radius 2 is 1.92 bits per heavy atom. The molecule has 2 aromatic rings. The molecule has 0 saturated carbocycles. The van der Waals surface area contributed by atoms with E-state index in [1.165, 1.54) is 6.07 Å². The largest absolute Gasteiger partial charge is 0.374 e. The number of rotatable bonds is 8. The van der Waals surface area contributed by atoms with E-state index in [1.807, 2.05) is 37.3 Å². The normalized spacial score (nSPS) is 13.0. The third kappa shape index (κ3) is 5.37. The third-order valence-corrected chi connectivity index (χ3v) is 5.87. The van der Waals surface area contributed by atoms with E-state index in [-0.39, 0.29) is 22.0 Å². The van der Waals surface area contributed by atoms with Crippen molar-refractivity contribution in [2.24, 2.45) is 0 Å². The molecule has 4 nitrogen and oxygen atoms in total. The first-order valence-electron chi connectivity index (χ1n) is 7.51. The molecule has 0 aliphatic carbocycles. The van der Waals surface area contributed by atoms with Gasteiger partial charge < -0.3 is 4.74 Å². The molecule has 7 heteroatoms. The molecule has 2 rings (SSSR count). The minimum absolute atomic E-state index is 0.0162. The van der Waals surface area contributed by atoms with Gasteiger partial charge in [0.25, 0.3) is 0 Å². The summed E-state index contributed by atoms with van der Waals surface area (Å²) in [5, 5.41) is 0. The summed E-state index contributed by atoms with van der Waals surface area (Å²) in [6.07, 6.45) is 0.490. The van der Waals surface area contributed by atoms with Gasteiger partial charge in [0.15, 0.2) is 0 Å². The first-order valence-corrected chi connectivity index (χ1v) is 9.79. The molecule has 0 fully saturated rings. The van der Waals surface area contributed by atoms with Gasteiger partial charge >= 0.3 is 0 Å². The van der Waals surface area contributed by atoms with Crippen LogP contribution in [0.25, 0.3) is 0 Å². The Balaban J connectivity index is 1.79. The second-order valence-corrected chi connectivity index (χ2v) is 7.84. The Hall–Kier alpha value is -1.28. The van der Waals surface area contributed by atoms with Crippen LogP contribution in [-0.4, -0.2) is 21.6 Å². The lowest BCUT2D eigenvalue weighted by molar-refractivity contribution is 0.0647. The van der Waals surface area contributed by atoms with Gasteiger partial charge in [-0.05, 0) is 53.0 Å². The standard InChI is InChI=1S/C17H19BrFNO3S/c1-13(14-6-3-2-4-7-14)23-11-5-10-20-24(21,22)17-9-8-15(19)12-16(17)18/h2-4,6-9,12-13,20H,5,10-11H2,1H3/t13-/m1/s1. The van der Waals surface area contributed by atoms with Gasteiger partial charge in [-0.3, -0.25) is 0 Å². The fraction of sp³-hybridized carbons (Fsp3) is 0.294. The fourth-order valence-corrected chi connectivity index (χ4v) is 4.25. The van der Waals surface area contributed by atoms with Gasteiger partial charge in [0, 0.05) is 17.6 Å². The van der Waals surface area contributed by atoms with Crippen molar-refractivity contribution >= 4 is 26.0 Å². The summed E-state index contributed by atoms with van der Waals surface area (Å²) in [7, 11) is -3.68. The van der Waals surface area contributed by atoms with Crippen LogP contribution >= 0.6 is 15.9 Å². The van der Waals surface area contributed by atoms with Crippen LogP contribution in [0.5, 0.6) is 0 Å².